The van der Waals surface area contributed by atoms with Crippen LogP contribution in [0.25, 0.3) is 0 Å². The number of hydrogen-bond acceptors (Lipinski definition) is 0. The van der Waals surface area contributed by atoms with Crippen LogP contribution in [0.5, 0.6) is 0 Å². The fourth-order valence-electron chi connectivity index (χ4n) is 0. The molecule has 38 valence electrons. The molecular formula is C3H8FISi. The first kappa shape index (κ1) is 6.88. The highest BCUT2D eigenvalue weighted by Crippen LogP contribution is 2.05. The lowest BCUT2D eigenvalue weighted by Crippen LogP contribution is -2.19. The van der Waals surface area contributed by atoms with Gasteiger partial charge in [-0.15, -0.1) is 0 Å². The lowest BCUT2D eigenvalue weighted by Gasteiger charge is -2.01. The first-order valence-corrected chi connectivity index (χ1v) is 6.42. The van der Waals surface area contributed by atoms with E-state index < -0.39 is 8.41 Å². The van der Waals surface area contributed by atoms with E-state index in [0.717, 1.165) is 0 Å². The summed E-state index contributed by atoms with van der Waals surface area (Å²) in [6.45, 7) is 3.42. The summed E-state index contributed by atoms with van der Waals surface area (Å²) in [4.78, 5) is 0. The monoisotopic (exact) mass is 218 g/mol. The molecule has 0 spiro atoms. The van der Waals surface area contributed by atoms with Gasteiger partial charge in [0, 0.05) is 4.05 Å². The van der Waals surface area contributed by atoms with Crippen molar-refractivity contribution in [1.29, 1.82) is 0 Å². The first-order valence-electron chi connectivity index (χ1n) is 1.81. The van der Waals surface area contributed by atoms with E-state index in [9.17, 15) is 4.11 Å². The average molecular weight is 218 g/mol. The third kappa shape index (κ3) is 4.88. The Morgan fingerprint density at radius 3 is 1.83 bits per heavy atom. The molecule has 0 aliphatic carbocycles. The normalized spacial score (nSPS) is 12.0. The second kappa shape index (κ2) is 2.25. The van der Waals surface area contributed by atoms with Crippen LogP contribution < -0.4 is 0 Å². The minimum Gasteiger partial charge on any atom is -0.314 e. The highest BCUT2D eigenvalue weighted by atomic mass is 127. The molecule has 0 saturated carbocycles. The molecule has 0 rings (SSSR count). The van der Waals surface area contributed by atoms with Crippen molar-refractivity contribution in [2.75, 3.05) is 4.05 Å². The molecule has 0 bridgehead atoms. The predicted molar refractivity (Wildman–Crippen MR) is 37.5 cm³/mol. The molecule has 0 aromatic carbocycles. The van der Waals surface area contributed by atoms with E-state index in [1.54, 1.807) is 13.1 Å². The highest BCUT2D eigenvalue weighted by molar-refractivity contribution is 14.1. The van der Waals surface area contributed by atoms with E-state index in [1.165, 1.54) is 0 Å². The summed E-state index contributed by atoms with van der Waals surface area (Å²) < 4.78 is 13.0. The molecule has 0 N–H and O–H groups in total. The molecule has 6 heavy (non-hydrogen) atoms. The van der Waals surface area contributed by atoms with Gasteiger partial charge in [-0.3, -0.25) is 0 Å². The summed E-state index contributed by atoms with van der Waals surface area (Å²) in [5, 5.41) is 0. The van der Waals surface area contributed by atoms with Crippen LogP contribution in [0.2, 0.25) is 13.1 Å². The Balaban J connectivity index is 3.17. The van der Waals surface area contributed by atoms with Gasteiger partial charge in [-0.25, -0.2) is 0 Å². The molecule has 0 aromatic heterocycles. The maximum absolute atomic E-state index is 12.2. The molecule has 0 saturated heterocycles. The van der Waals surface area contributed by atoms with Crippen molar-refractivity contribution in [3.63, 3.8) is 0 Å². The second-order valence-electron chi connectivity index (χ2n) is 1.85. The first-order chi connectivity index (χ1) is 2.56. The summed E-state index contributed by atoms with van der Waals surface area (Å²) in [5.41, 5.74) is 0. The highest BCUT2D eigenvalue weighted by Gasteiger charge is 2.16. The van der Waals surface area contributed by atoms with Crippen LogP contribution in [0.4, 0.5) is 4.11 Å². The van der Waals surface area contributed by atoms with Crippen molar-refractivity contribution in [1.82, 2.24) is 0 Å². The average Bonchev–Trinajstić information content (AvgIpc) is 1.35. The van der Waals surface area contributed by atoms with Crippen molar-refractivity contribution in [2.24, 2.45) is 0 Å². The number of hydrogen-bond donors (Lipinski definition) is 0. The predicted octanol–water partition coefficient (Wildman–Crippen LogP) is 2.14. The van der Waals surface area contributed by atoms with Crippen LogP contribution in [0.3, 0.4) is 0 Å². The van der Waals surface area contributed by atoms with Gasteiger partial charge in [-0.2, -0.15) is 0 Å². The van der Waals surface area contributed by atoms with E-state index in [-0.39, 0.29) is 0 Å². The zero-order valence-corrected chi connectivity index (χ0v) is 7.12. The fraction of sp³-hybridized carbons (Fsp3) is 1.00. The maximum atomic E-state index is 12.2. The lowest BCUT2D eigenvalue weighted by atomic mass is 11.8. The largest absolute Gasteiger partial charge is 0.314 e. The van der Waals surface area contributed by atoms with Gasteiger partial charge in [0.05, 0.1) is 0 Å². The van der Waals surface area contributed by atoms with Crippen molar-refractivity contribution in [3.8, 4) is 0 Å². The van der Waals surface area contributed by atoms with Crippen LogP contribution in [0.15, 0.2) is 0 Å². The molecule has 0 fully saturated rings. The zero-order valence-electron chi connectivity index (χ0n) is 3.96. The Morgan fingerprint density at radius 2 is 1.83 bits per heavy atom. The minimum absolute atomic E-state index is 0.713. The van der Waals surface area contributed by atoms with E-state index in [0.29, 0.717) is 4.05 Å². The number of rotatable bonds is 1. The van der Waals surface area contributed by atoms with Gasteiger partial charge in [-0.05, 0) is 13.1 Å². The van der Waals surface area contributed by atoms with Gasteiger partial charge in [0.1, 0.15) is 0 Å². The lowest BCUT2D eigenvalue weighted by molar-refractivity contribution is 0.810. The Kier molecular flexibility index (Phi) is 2.58. The molecule has 3 heteroatoms. The topological polar surface area (TPSA) is 0 Å². The van der Waals surface area contributed by atoms with Crippen molar-refractivity contribution in [2.45, 2.75) is 13.1 Å². The third-order valence-electron chi connectivity index (χ3n) is 0.318. The van der Waals surface area contributed by atoms with E-state index in [2.05, 4.69) is 22.6 Å². The second-order valence-corrected chi connectivity index (χ2v) is 7.85. The van der Waals surface area contributed by atoms with Crippen molar-refractivity contribution >= 4 is 31.0 Å². The summed E-state index contributed by atoms with van der Waals surface area (Å²) in [6, 6.07) is 0. The zero-order chi connectivity index (χ0) is 5.21. The van der Waals surface area contributed by atoms with Gasteiger partial charge in [0.15, 0.2) is 0 Å². The summed E-state index contributed by atoms with van der Waals surface area (Å²) in [5.74, 6) is 0. The maximum Gasteiger partial charge on any atom is 0.250 e. The van der Waals surface area contributed by atoms with Gasteiger partial charge in [0.25, 0.3) is 0 Å². The molecular weight excluding hydrogens is 210 g/mol. The molecule has 0 unspecified atom stereocenters. The molecule has 0 aliphatic heterocycles. The van der Waals surface area contributed by atoms with Crippen molar-refractivity contribution in [3.05, 3.63) is 0 Å². The van der Waals surface area contributed by atoms with E-state index >= 15 is 0 Å². The fourth-order valence-corrected chi connectivity index (χ4v) is 0. The SMILES string of the molecule is C[Si](C)(F)CI. The quantitative estimate of drug-likeness (QED) is 0.274. The molecule has 0 aromatic rings. The Bertz CT molecular complexity index is 40.5. The molecule has 0 nitrogen and oxygen atoms in total. The van der Waals surface area contributed by atoms with E-state index in [1.807, 2.05) is 0 Å². The Labute approximate surface area is 52.5 Å². The van der Waals surface area contributed by atoms with Crippen molar-refractivity contribution < 1.29 is 4.11 Å². The van der Waals surface area contributed by atoms with Crippen LogP contribution >= 0.6 is 22.6 Å². The summed E-state index contributed by atoms with van der Waals surface area (Å²) in [6.07, 6.45) is 0. The standard InChI is InChI=1S/C3H8FISi/c1-6(2,4)3-5/h3H2,1-2H3. The number of halogens is 2. The molecule has 0 amide bonds. The molecule has 0 radical (unpaired) electrons. The Morgan fingerprint density at radius 1 is 1.67 bits per heavy atom. The minimum atomic E-state index is -2.14. The summed E-state index contributed by atoms with van der Waals surface area (Å²) >= 11 is 2.08. The smallest absolute Gasteiger partial charge is 0.250 e. The van der Waals surface area contributed by atoms with Crippen LogP contribution in [0.1, 0.15) is 0 Å². The Hall–Kier alpha value is 0.877. The molecule has 0 aliphatic rings. The third-order valence-corrected chi connectivity index (χ3v) is 6.39. The molecule has 0 heterocycles. The van der Waals surface area contributed by atoms with E-state index in [4.69, 9.17) is 0 Å². The van der Waals surface area contributed by atoms with Gasteiger partial charge >= 0.3 is 0 Å². The van der Waals surface area contributed by atoms with Gasteiger partial charge < -0.3 is 4.11 Å². The van der Waals surface area contributed by atoms with Crippen LogP contribution in [0, 0.1) is 0 Å². The van der Waals surface area contributed by atoms with Crippen LogP contribution in [-0.2, 0) is 0 Å². The number of alkyl halides is 1. The summed E-state index contributed by atoms with van der Waals surface area (Å²) in [7, 11) is -2.14. The van der Waals surface area contributed by atoms with Gasteiger partial charge in [-0.1, -0.05) is 22.6 Å². The van der Waals surface area contributed by atoms with Crippen LogP contribution in [-0.4, -0.2) is 12.5 Å². The molecule has 0 atom stereocenters. The van der Waals surface area contributed by atoms with Gasteiger partial charge in [0.2, 0.25) is 8.41 Å².